The van der Waals surface area contributed by atoms with Crippen LogP contribution in [0.3, 0.4) is 0 Å². The van der Waals surface area contributed by atoms with Gasteiger partial charge < -0.3 is 10.4 Å². The molecule has 3 nitrogen and oxygen atoms in total. The molecule has 2 heterocycles. The molecule has 0 aromatic heterocycles. The zero-order valence-corrected chi connectivity index (χ0v) is 14.3. The third kappa shape index (κ3) is 1.60. The first-order chi connectivity index (χ1) is 10.8. The first-order valence-corrected chi connectivity index (χ1v) is 9.04. The maximum absolute atomic E-state index is 11.7. The fourth-order valence-corrected chi connectivity index (χ4v) is 6.18. The molecule has 2 aliphatic heterocycles. The van der Waals surface area contributed by atoms with Gasteiger partial charge in [-0.25, -0.2) is 0 Å². The van der Waals surface area contributed by atoms with Crippen LogP contribution in [0.2, 0.25) is 0 Å². The van der Waals surface area contributed by atoms with Crippen LogP contribution in [0.1, 0.15) is 52.0 Å². The third-order valence-corrected chi connectivity index (χ3v) is 7.46. The first kappa shape index (κ1) is 14.2. The Balaban J connectivity index is 1.68. The molecule has 2 bridgehead atoms. The second-order valence-electron chi connectivity index (χ2n) is 9.01. The van der Waals surface area contributed by atoms with Gasteiger partial charge in [-0.1, -0.05) is 25.1 Å². The van der Waals surface area contributed by atoms with Crippen molar-refractivity contribution in [3.63, 3.8) is 0 Å². The molecule has 0 spiro atoms. The summed E-state index contributed by atoms with van der Waals surface area (Å²) in [7, 11) is 0. The summed E-state index contributed by atoms with van der Waals surface area (Å²) in [5, 5.41) is 15.6. The number of fused-ring (bicyclic) bond motifs is 5. The molecular weight excluding hydrogens is 284 g/mol. The van der Waals surface area contributed by atoms with Crippen molar-refractivity contribution >= 4 is 11.4 Å². The number of aliphatic hydroxyl groups is 1. The molecule has 1 aromatic carbocycles. The lowest BCUT2D eigenvalue weighted by Gasteiger charge is -2.62. The summed E-state index contributed by atoms with van der Waals surface area (Å²) in [4.78, 5) is 4.96. The maximum atomic E-state index is 11.7. The van der Waals surface area contributed by atoms with E-state index >= 15 is 0 Å². The number of nitrogens with one attached hydrogen (secondary N) is 1. The van der Waals surface area contributed by atoms with Crippen LogP contribution in [-0.4, -0.2) is 22.4 Å². The molecule has 4 aliphatic rings. The number of piperidine rings is 1. The standard InChI is InChI=1S/C20H26N2O/c1-18(2)12-8-9-19(3)14(10-12)16(22-18)11-20(23)13-6-4-5-7-15(13)21-17(19)20/h4-7,12,14,16,22-23H,8-11H2,1-3H3/t12-,14+,16+,19+,20+/m0/s1. The summed E-state index contributed by atoms with van der Waals surface area (Å²) in [6, 6.07) is 8.54. The number of rotatable bonds is 0. The quantitative estimate of drug-likeness (QED) is 0.770. The molecule has 5 atom stereocenters. The second-order valence-corrected chi connectivity index (χ2v) is 9.01. The molecule has 5 rings (SSSR count). The number of para-hydroxylation sites is 1. The van der Waals surface area contributed by atoms with Gasteiger partial charge in [-0.3, -0.25) is 4.99 Å². The minimum atomic E-state index is -0.875. The molecule has 122 valence electrons. The van der Waals surface area contributed by atoms with Gasteiger partial charge in [-0.2, -0.15) is 0 Å². The summed E-state index contributed by atoms with van der Waals surface area (Å²) in [6.07, 6.45) is 4.41. The van der Waals surface area contributed by atoms with Crippen LogP contribution in [0.25, 0.3) is 0 Å². The van der Waals surface area contributed by atoms with E-state index in [2.05, 4.69) is 38.2 Å². The summed E-state index contributed by atoms with van der Waals surface area (Å²) < 4.78 is 0. The predicted molar refractivity (Wildman–Crippen MR) is 92.0 cm³/mol. The van der Waals surface area contributed by atoms with Gasteiger partial charge in [-0.15, -0.1) is 0 Å². The van der Waals surface area contributed by atoms with Crippen LogP contribution in [0, 0.1) is 17.3 Å². The maximum Gasteiger partial charge on any atom is 0.132 e. The Morgan fingerprint density at radius 3 is 2.83 bits per heavy atom. The highest BCUT2D eigenvalue weighted by Crippen LogP contribution is 2.61. The van der Waals surface area contributed by atoms with Crippen LogP contribution >= 0.6 is 0 Å². The molecule has 0 amide bonds. The van der Waals surface area contributed by atoms with Crippen molar-refractivity contribution in [2.45, 2.75) is 63.6 Å². The molecule has 1 saturated heterocycles. The van der Waals surface area contributed by atoms with Gasteiger partial charge in [0.05, 0.1) is 11.4 Å². The first-order valence-electron chi connectivity index (χ1n) is 9.04. The lowest BCUT2D eigenvalue weighted by Crippen LogP contribution is -2.70. The Morgan fingerprint density at radius 2 is 2.00 bits per heavy atom. The fraction of sp³-hybridized carbons (Fsp3) is 0.650. The molecule has 0 unspecified atom stereocenters. The zero-order chi connectivity index (χ0) is 16.0. The van der Waals surface area contributed by atoms with E-state index in [1.54, 1.807) is 0 Å². The van der Waals surface area contributed by atoms with E-state index in [0.29, 0.717) is 12.0 Å². The normalized spacial score (nSPS) is 45.9. The van der Waals surface area contributed by atoms with Gasteiger partial charge in [0.1, 0.15) is 5.60 Å². The van der Waals surface area contributed by atoms with Crippen molar-refractivity contribution < 1.29 is 5.11 Å². The van der Waals surface area contributed by atoms with Crippen LogP contribution in [0.15, 0.2) is 29.3 Å². The smallest absolute Gasteiger partial charge is 0.132 e. The summed E-state index contributed by atoms with van der Waals surface area (Å²) >= 11 is 0. The molecule has 2 N–H and O–H groups in total. The Labute approximate surface area is 138 Å². The average molecular weight is 310 g/mol. The third-order valence-electron chi connectivity index (χ3n) is 7.46. The Morgan fingerprint density at radius 1 is 1.22 bits per heavy atom. The molecular formula is C20H26N2O. The van der Waals surface area contributed by atoms with Gasteiger partial charge in [0.2, 0.25) is 0 Å². The van der Waals surface area contributed by atoms with Crippen molar-refractivity contribution in [2.75, 3.05) is 0 Å². The van der Waals surface area contributed by atoms with E-state index < -0.39 is 5.60 Å². The van der Waals surface area contributed by atoms with Crippen LogP contribution in [0.4, 0.5) is 5.69 Å². The summed E-state index contributed by atoms with van der Waals surface area (Å²) in [6.45, 7) is 7.04. The fourth-order valence-electron chi connectivity index (χ4n) is 6.18. The van der Waals surface area contributed by atoms with Crippen molar-refractivity contribution in [3.05, 3.63) is 29.8 Å². The molecule has 0 radical (unpaired) electrons. The van der Waals surface area contributed by atoms with Crippen molar-refractivity contribution in [1.29, 1.82) is 0 Å². The molecule has 23 heavy (non-hydrogen) atoms. The highest BCUT2D eigenvalue weighted by atomic mass is 16.3. The Hall–Kier alpha value is -1.19. The summed E-state index contributed by atoms with van der Waals surface area (Å²) in [5.41, 5.74) is 2.36. The van der Waals surface area contributed by atoms with E-state index in [-0.39, 0.29) is 11.0 Å². The van der Waals surface area contributed by atoms with E-state index in [0.717, 1.165) is 35.7 Å². The summed E-state index contributed by atoms with van der Waals surface area (Å²) in [5.74, 6) is 1.34. The number of benzene rings is 1. The second kappa shape index (κ2) is 4.07. The minimum absolute atomic E-state index is 0.0245. The van der Waals surface area contributed by atoms with Gasteiger partial charge in [-0.05, 0) is 51.0 Å². The lowest BCUT2D eigenvalue weighted by atomic mass is 9.48. The molecule has 2 saturated carbocycles. The average Bonchev–Trinajstić information content (AvgIpc) is 2.80. The molecule has 3 fully saturated rings. The monoisotopic (exact) mass is 310 g/mol. The van der Waals surface area contributed by atoms with Crippen molar-refractivity contribution in [2.24, 2.45) is 22.2 Å². The topological polar surface area (TPSA) is 44.6 Å². The number of aliphatic imine (C=N–C) groups is 1. The van der Waals surface area contributed by atoms with Crippen LogP contribution in [-0.2, 0) is 5.60 Å². The van der Waals surface area contributed by atoms with Gasteiger partial charge in [0, 0.05) is 29.0 Å². The minimum Gasteiger partial charge on any atom is -0.379 e. The van der Waals surface area contributed by atoms with E-state index in [9.17, 15) is 5.11 Å². The van der Waals surface area contributed by atoms with E-state index in [1.165, 1.54) is 12.8 Å². The largest absolute Gasteiger partial charge is 0.379 e. The Bertz CT molecular complexity index is 724. The molecule has 3 heteroatoms. The van der Waals surface area contributed by atoms with Crippen molar-refractivity contribution in [3.8, 4) is 0 Å². The van der Waals surface area contributed by atoms with Gasteiger partial charge >= 0.3 is 0 Å². The van der Waals surface area contributed by atoms with Gasteiger partial charge in [0.25, 0.3) is 0 Å². The van der Waals surface area contributed by atoms with Crippen molar-refractivity contribution in [1.82, 2.24) is 5.32 Å². The predicted octanol–water partition coefficient (Wildman–Crippen LogP) is 3.54. The lowest BCUT2D eigenvalue weighted by molar-refractivity contribution is -0.0566. The number of hydrogen-bond donors (Lipinski definition) is 2. The highest BCUT2D eigenvalue weighted by molar-refractivity contribution is 6.05. The number of nitrogens with zero attached hydrogens (tertiary/aromatic N) is 1. The van der Waals surface area contributed by atoms with Crippen LogP contribution < -0.4 is 5.32 Å². The van der Waals surface area contributed by atoms with E-state index in [1.807, 2.05) is 12.1 Å². The molecule has 1 aromatic rings. The Kier molecular flexibility index (Phi) is 2.51. The SMILES string of the molecule is CC1(C)N[C@@H]2C[C@]3(O)C(=Nc4ccccc43)[C@]3(C)CC[C@H]1C[C@H]23. The van der Waals surface area contributed by atoms with Gasteiger partial charge in [0.15, 0.2) is 0 Å². The zero-order valence-electron chi connectivity index (χ0n) is 14.3. The number of hydrogen-bond acceptors (Lipinski definition) is 3. The van der Waals surface area contributed by atoms with E-state index in [4.69, 9.17) is 4.99 Å². The molecule has 2 aliphatic carbocycles. The highest BCUT2D eigenvalue weighted by Gasteiger charge is 2.63. The van der Waals surface area contributed by atoms with Crippen LogP contribution in [0.5, 0.6) is 0 Å².